The summed E-state index contributed by atoms with van der Waals surface area (Å²) < 4.78 is 0. The summed E-state index contributed by atoms with van der Waals surface area (Å²) in [7, 11) is 0. The smallest absolute Gasteiger partial charge is 0.139 e. The monoisotopic (exact) mass is 363 g/mol. The Hall–Kier alpha value is -1.15. The molecular weight excluding hydrogens is 330 g/mol. The Bertz CT molecular complexity index is 774. The minimum Gasteiger partial charge on any atom is -0.313 e. The van der Waals surface area contributed by atoms with E-state index in [1.807, 2.05) is 0 Å². The number of carbonyl (C=O) groups excluding carboxylic acids is 1. The van der Waals surface area contributed by atoms with E-state index in [1.165, 1.54) is 50.6 Å². The van der Waals surface area contributed by atoms with Crippen LogP contribution < -0.4 is 5.32 Å². The largest absolute Gasteiger partial charge is 0.313 e. The molecule has 0 spiro atoms. The van der Waals surface area contributed by atoms with Crippen molar-refractivity contribution < 1.29 is 4.79 Å². The highest BCUT2D eigenvalue weighted by molar-refractivity contribution is 5.86. The molecule has 5 aliphatic carbocycles. The minimum atomic E-state index is -0.0220. The molecule has 2 heteroatoms. The van der Waals surface area contributed by atoms with Crippen molar-refractivity contribution in [3.63, 3.8) is 0 Å². The average Bonchev–Trinajstić information content (AvgIpc) is 3.23. The van der Waals surface area contributed by atoms with Gasteiger partial charge < -0.3 is 5.32 Å². The van der Waals surface area contributed by atoms with Crippen molar-refractivity contribution in [3.8, 4) is 0 Å². The Kier molecular flexibility index (Phi) is 3.40. The predicted molar refractivity (Wildman–Crippen MR) is 107 cm³/mol. The van der Waals surface area contributed by atoms with Crippen LogP contribution in [0, 0.1) is 28.6 Å². The number of carbonyl (C=O) groups is 1. The summed E-state index contributed by atoms with van der Waals surface area (Å²) in [6, 6.07) is 11.8. The van der Waals surface area contributed by atoms with Gasteiger partial charge in [0.15, 0.2) is 0 Å². The predicted octanol–water partition coefficient (Wildman–Crippen LogP) is 4.87. The van der Waals surface area contributed by atoms with Crippen LogP contribution in [0.1, 0.15) is 70.3 Å². The van der Waals surface area contributed by atoms with Gasteiger partial charge in [0.25, 0.3) is 0 Å². The second-order valence-corrected chi connectivity index (χ2v) is 11.5. The first-order valence-electron chi connectivity index (χ1n) is 11.3. The van der Waals surface area contributed by atoms with E-state index >= 15 is 0 Å². The van der Waals surface area contributed by atoms with E-state index in [4.69, 9.17) is 0 Å². The number of ketones is 1. The SMILES string of the molecule is C[C@]12CC3CC(C(=O)CC4CC5CNC4C5)(C1)C[C@@](c1ccccc1)(C3)C2. The van der Waals surface area contributed by atoms with Crippen LogP contribution in [-0.4, -0.2) is 18.4 Å². The number of hydrogen-bond acceptors (Lipinski definition) is 2. The summed E-state index contributed by atoms with van der Waals surface area (Å²) in [6.45, 7) is 3.69. The molecule has 0 aromatic heterocycles. The molecule has 1 aromatic carbocycles. The van der Waals surface area contributed by atoms with E-state index in [0.29, 0.717) is 23.2 Å². The van der Waals surface area contributed by atoms with E-state index in [9.17, 15) is 4.79 Å². The zero-order chi connectivity index (χ0) is 18.3. The minimum absolute atomic E-state index is 0.0220. The number of rotatable bonds is 4. The fourth-order valence-corrected chi connectivity index (χ4v) is 9.00. The van der Waals surface area contributed by atoms with Crippen molar-refractivity contribution in [2.24, 2.45) is 28.6 Å². The molecule has 27 heavy (non-hydrogen) atoms. The summed E-state index contributed by atoms with van der Waals surface area (Å²) in [6.07, 6.45) is 10.9. The van der Waals surface area contributed by atoms with Gasteiger partial charge in [-0.15, -0.1) is 0 Å². The molecule has 1 N–H and O–H groups in total. The van der Waals surface area contributed by atoms with Crippen molar-refractivity contribution in [2.45, 2.75) is 76.2 Å². The standard InChI is InChI=1S/C25H33NO/c1-23-10-18-11-24(14-23,20-5-3-2-4-6-20)16-25(12-18,15-23)22(27)9-19-7-17-8-21(19)26-13-17/h2-6,17-19,21,26H,7-16H2,1H3/t17?,18?,19?,21?,23-,24-,25?/m1/s1. The molecule has 144 valence electrons. The van der Waals surface area contributed by atoms with Crippen LogP contribution in [0.5, 0.6) is 0 Å². The van der Waals surface area contributed by atoms with Crippen molar-refractivity contribution in [1.29, 1.82) is 0 Å². The molecule has 7 atom stereocenters. The van der Waals surface area contributed by atoms with Crippen molar-refractivity contribution in [2.75, 3.05) is 6.54 Å². The number of piperidine rings is 1. The van der Waals surface area contributed by atoms with Gasteiger partial charge in [0, 0.05) is 17.9 Å². The first-order valence-corrected chi connectivity index (χ1v) is 11.3. The molecular formula is C25H33NO. The van der Waals surface area contributed by atoms with E-state index in [0.717, 1.165) is 31.1 Å². The lowest BCUT2D eigenvalue weighted by Crippen LogP contribution is -2.60. The maximum Gasteiger partial charge on any atom is 0.139 e. The molecule has 0 radical (unpaired) electrons. The second-order valence-electron chi connectivity index (χ2n) is 11.5. The summed E-state index contributed by atoms with van der Waals surface area (Å²) in [5, 5.41) is 3.67. The number of fused-ring (bicyclic) bond motifs is 2. The Labute approximate surface area is 163 Å². The zero-order valence-corrected chi connectivity index (χ0v) is 16.7. The van der Waals surface area contributed by atoms with Crippen LogP contribution in [0.4, 0.5) is 0 Å². The van der Waals surface area contributed by atoms with Crippen LogP contribution >= 0.6 is 0 Å². The zero-order valence-electron chi connectivity index (χ0n) is 16.7. The topological polar surface area (TPSA) is 29.1 Å². The van der Waals surface area contributed by atoms with E-state index in [2.05, 4.69) is 42.6 Å². The van der Waals surface area contributed by atoms with Crippen molar-refractivity contribution in [3.05, 3.63) is 35.9 Å². The van der Waals surface area contributed by atoms with Crippen LogP contribution in [0.15, 0.2) is 30.3 Å². The van der Waals surface area contributed by atoms with Crippen LogP contribution in [-0.2, 0) is 10.2 Å². The highest BCUT2D eigenvalue weighted by Crippen LogP contribution is 2.70. The average molecular weight is 364 g/mol. The molecule has 6 aliphatic rings. The number of hydrogen-bond donors (Lipinski definition) is 1. The molecule has 6 fully saturated rings. The highest BCUT2D eigenvalue weighted by Gasteiger charge is 2.64. The molecule has 6 bridgehead atoms. The molecule has 2 nitrogen and oxygen atoms in total. The van der Waals surface area contributed by atoms with Crippen molar-refractivity contribution in [1.82, 2.24) is 5.32 Å². The lowest BCUT2D eigenvalue weighted by Gasteiger charge is -2.66. The Morgan fingerprint density at radius 2 is 1.89 bits per heavy atom. The molecule has 1 heterocycles. The summed E-state index contributed by atoms with van der Waals surface area (Å²) in [5.41, 5.74) is 2.13. The van der Waals surface area contributed by atoms with Gasteiger partial charge in [0.05, 0.1) is 0 Å². The first-order chi connectivity index (χ1) is 13.0. The number of Topliss-reactive ketones (excluding diaryl/α,β-unsaturated/α-hetero) is 1. The fourth-order valence-electron chi connectivity index (χ4n) is 9.00. The van der Waals surface area contributed by atoms with Crippen LogP contribution in [0.25, 0.3) is 0 Å². The van der Waals surface area contributed by atoms with Gasteiger partial charge >= 0.3 is 0 Å². The fraction of sp³-hybridized carbons (Fsp3) is 0.720. The van der Waals surface area contributed by atoms with Gasteiger partial charge in [-0.05, 0) is 92.1 Å². The van der Waals surface area contributed by atoms with Gasteiger partial charge in [-0.2, -0.15) is 0 Å². The van der Waals surface area contributed by atoms with Crippen LogP contribution in [0.3, 0.4) is 0 Å². The molecule has 0 amide bonds. The third kappa shape index (κ3) is 2.44. The Morgan fingerprint density at radius 3 is 2.59 bits per heavy atom. The molecule has 1 saturated heterocycles. The third-order valence-corrected chi connectivity index (χ3v) is 9.23. The lowest BCUT2D eigenvalue weighted by molar-refractivity contribution is -0.159. The maximum atomic E-state index is 13.8. The quantitative estimate of drug-likeness (QED) is 0.827. The lowest BCUT2D eigenvalue weighted by atomic mass is 9.38. The van der Waals surface area contributed by atoms with E-state index in [-0.39, 0.29) is 10.8 Å². The number of benzene rings is 1. The normalized spacial score (nSPS) is 49.7. The molecule has 5 saturated carbocycles. The highest BCUT2D eigenvalue weighted by atomic mass is 16.1. The maximum absolute atomic E-state index is 13.8. The summed E-state index contributed by atoms with van der Waals surface area (Å²) >= 11 is 0. The van der Waals surface area contributed by atoms with Crippen molar-refractivity contribution >= 4 is 5.78 Å². The summed E-state index contributed by atoms with van der Waals surface area (Å²) in [5.74, 6) is 2.85. The molecule has 5 unspecified atom stereocenters. The summed E-state index contributed by atoms with van der Waals surface area (Å²) in [4.78, 5) is 13.8. The van der Waals surface area contributed by atoms with E-state index < -0.39 is 0 Å². The van der Waals surface area contributed by atoms with Gasteiger partial charge in [-0.1, -0.05) is 37.3 Å². The third-order valence-electron chi connectivity index (χ3n) is 9.23. The Balaban J connectivity index is 1.33. The van der Waals surface area contributed by atoms with Gasteiger partial charge in [-0.25, -0.2) is 0 Å². The van der Waals surface area contributed by atoms with Gasteiger partial charge in [0.1, 0.15) is 5.78 Å². The van der Waals surface area contributed by atoms with E-state index in [1.54, 1.807) is 0 Å². The van der Waals surface area contributed by atoms with Gasteiger partial charge in [-0.3, -0.25) is 4.79 Å². The Morgan fingerprint density at radius 1 is 1.04 bits per heavy atom. The molecule has 1 aliphatic heterocycles. The second kappa shape index (κ2) is 5.47. The van der Waals surface area contributed by atoms with Gasteiger partial charge in [0.2, 0.25) is 0 Å². The van der Waals surface area contributed by atoms with Crippen LogP contribution in [0.2, 0.25) is 0 Å². The molecule has 1 aromatic rings. The number of nitrogens with one attached hydrogen (secondary N) is 1. The first kappa shape index (κ1) is 16.8. The molecule has 7 rings (SSSR count).